The first kappa shape index (κ1) is 13.5. The van der Waals surface area contributed by atoms with Crippen molar-refractivity contribution in [2.45, 2.75) is 51.1 Å². The van der Waals surface area contributed by atoms with E-state index in [0.717, 1.165) is 38.6 Å². The van der Waals surface area contributed by atoms with Crippen LogP contribution in [0.1, 0.15) is 39.0 Å². The topological polar surface area (TPSA) is 49.8 Å². The molecular formula is C12H23NO3. The predicted molar refractivity (Wildman–Crippen MR) is 62.6 cm³/mol. The lowest BCUT2D eigenvalue weighted by molar-refractivity contribution is -0.144. The molecule has 0 radical (unpaired) electrons. The summed E-state index contributed by atoms with van der Waals surface area (Å²) in [6, 6.07) is 0.163. The van der Waals surface area contributed by atoms with Gasteiger partial charge in [-0.2, -0.15) is 0 Å². The number of carboxylic acid groups (broad SMARTS) is 1. The Kier molecular flexibility index (Phi) is 5.77. The summed E-state index contributed by atoms with van der Waals surface area (Å²) in [5.41, 5.74) is 0. The number of aliphatic carboxylic acids is 1. The van der Waals surface area contributed by atoms with Gasteiger partial charge in [0, 0.05) is 19.7 Å². The van der Waals surface area contributed by atoms with E-state index in [1.165, 1.54) is 0 Å². The molecule has 0 aromatic carbocycles. The first-order valence-electron chi connectivity index (χ1n) is 6.18. The normalized spacial score (nSPS) is 17.7. The van der Waals surface area contributed by atoms with Crippen LogP contribution in [0.2, 0.25) is 0 Å². The zero-order chi connectivity index (χ0) is 12.0. The Balaban J connectivity index is 2.51. The summed E-state index contributed by atoms with van der Waals surface area (Å²) in [5, 5.41) is 9.26. The van der Waals surface area contributed by atoms with E-state index >= 15 is 0 Å². The third-order valence-electron chi connectivity index (χ3n) is 3.09. The fourth-order valence-electron chi connectivity index (χ4n) is 2.02. The standard InChI is InChI=1S/C12H23NO3/c1-3-4-5-11(12(14)15)13(8-9-16-2)10-6-7-10/h10-11H,3-9H2,1-2H3,(H,14,15). The van der Waals surface area contributed by atoms with Gasteiger partial charge in [0.05, 0.1) is 6.61 Å². The molecule has 0 saturated heterocycles. The SMILES string of the molecule is CCCCC(C(=O)O)N(CCOC)C1CC1. The summed E-state index contributed by atoms with van der Waals surface area (Å²) in [6.07, 6.45) is 5.06. The molecule has 1 aliphatic rings. The first-order valence-corrected chi connectivity index (χ1v) is 6.18. The highest BCUT2D eigenvalue weighted by molar-refractivity contribution is 5.73. The quantitative estimate of drug-likeness (QED) is 0.654. The van der Waals surface area contributed by atoms with Crippen molar-refractivity contribution in [3.8, 4) is 0 Å². The number of carboxylic acids is 1. The monoisotopic (exact) mass is 229 g/mol. The number of carbonyl (C=O) groups is 1. The minimum atomic E-state index is -0.684. The number of hydrogen-bond acceptors (Lipinski definition) is 3. The molecule has 0 spiro atoms. The Bertz CT molecular complexity index is 216. The Labute approximate surface area is 97.6 Å². The van der Waals surface area contributed by atoms with Gasteiger partial charge in [-0.3, -0.25) is 9.69 Å². The molecule has 16 heavy (non-hydrogen) atoms. The Hall–Kier alpha value is -0.610. The van der Waals surface area contributed by atoms with Gasteiger partial charge in [0.15, 0.2) is 0 Å². The molecule has 0 heterocycles. The summed E-state index contributed by atoms with van der Waals surface area (Å²) >= 11 is 0. The van der Waals surface area contributed by atoms with Crippen LogP contribution in [-0.2, 0) is 9.53 Å². The van der Waals surface area contributed by atoms with Crippen LogP contribution in [0, 0.1) is 0 Å². The van der Waals surface area contributed by atoms with Gasteiger partial charge in [-0.05, 0) is 19.3 Å². The third-order valence-corrected chi connectivity index (χ3v) is 3.09. The van der Waals surface area contributed by atoms with Crippen molar-refractivity contribution in [3.63, 3.8) is 0 Å². The van der Waals surface area contributed by atoms with E-state index in [0.29, 0.717) is 12.6 Å². The third kappa shape index (κ3) is 4.10. The van der Waals surface area contributed by atoms with Gasteiger partial charge in [-0.1, -0.05) is 19.8 Å². The predicted octanol–water partition coefficient (Wildman–Crippen LogP) is 1.74. The lowest BCUT2D eigenvalue weighted by atomic mass is 10.1. The van der Waals surface area contributed by atoms with E-state index in [2.05, 4.69) is 11.8 Å². The molecule has 1 fully saturated rings. The second-order valence-corrected chi connectivity index (χ2v) is 4.46. The van der Waals surface area contributed by atoms with Gasteiger partial charge in [0.2, 0.25) is 0 Å². The van der Waals surface area contributed by atoms with Crippen LogP contribution in [0.4, 0.5) is 0 Å². The van der Waals surface area contributed by atoms with E-state index in [4.69, 9.17) is 4.74 Å². The van der Waals surface area contributed by atoms with E-state index in [1.54, 1.807) is 7.11 Å². The van der Waals surface area contributed by atoms with Crippen molar-refractivity contribution in [1.29, 1.82) is 0 Å². The van der Waals surface area contributed by atoms with Crippen molar-refractivity contribution in [2.75, 3.05) is 20.3 Å². The maximum Gasteiger partial charge on any atom is 0.320 e. The van der Waals surface area contributed by atoms with Gasteiger partial charge < -0.3 is 9.84 Å². The molecule has 4 heteroatoms. The lowest BCUT2D eigenvalue weighted by Gasteiger charge is -2.28. The summed E-state index contributed by atoms with van der Waals surface area (Å²) in [6.45, 7) is 3.45. The van der Waals surface area contributed by atoms with Gasteiger partial charge in [-0.25, -0.2) is 0 Å². The molecule has 0 amide bonds. The molecule has 1 N–H and O–H groups in total. The van der Waals surface area contributed by atoms with Gasteiger partial charge in [-0.15, -0.1) is 0 Å². The van der Waals surface area contributed by atoms with Crippen LogP contribution in [0.3, 0.4) is 0 Å². The van der Waals surface area contributed by atoms with Crippen LogP contribution < -0.4 is 0 Å². The number of methoxy groups -OCH3 is 1. The highest BCUT2D eigenvalue weighted by atomic mass is 16.5. The number of rotatable bonds is 9. The van der Waals surface area contributed by atoms with E-state index in [1.807, 2.05) is 0 Å². The second-order valence-electron chi connectivity index (χ2n) is 4.46. The molecule has 4 nitrogen and oxygen atoms in total. The number of unbranched alkanes of at least 4 members (excludes halogenated alkanes) is 1. The molecule has 1 atom stereocenters. The smallest absolute Gasteiger partial charge is 0.320 e. The summed E-state index contributed by atoms with van der Waals surface area (Å²) in [5.74, 6) is -0.684. The zero-order valence-electron chi connectivity index (χ0n) is 10.3. The molecule has 0 aliphatic heterocycles. The van der Waals surface area contributed by atoms with E-state index < -0.39 is 5.97 Å². The lowest BCUT2D eigenvalue weighted by Crippen LogP contribution is -2.44. The van der Waals surface area contributed by atoms with Crippen LogP contribution in [0.15, 0.2) is 0 Å². The maximum atomic E-state index is 11.3. The fourth-order valence-corrected chi connectivity index (χ4v) is 2.02. The number of hydrogen-bond donors (Lipinski definition) is 1. The van der Waals surface area contributed by atoms with Gasteiger partial charge in [0.25, 0.3) is 0 Å². The van der Waals surface area contributed by atoms with Crippen molar-refractivity contribution >= 4 is 5.97 Å². The van der Waals surface area contributed by atoms with Crippen LogP contribution in [-0.4, -0.2) is 48.3 Å². The summed E-state index contributed by atoms with van der Waals surface area (Å²) in [7, 11) is 1.66. The highest BCUT2D eigenvalue weighted by Gasteiger charge is 2.36. The fraction of sp³-hybridized carbons (Fsp3) is 0.917. The van der Waals surface area contributed by atoms with Crippen molar-refractivity contribution < 1.29 is 14.6 Å². The zero-order valence-corrected chi connectivity index (χ0v) is 10.3. The molecule has 1 aliphatic carbocycles. The molecule has 0 aromatic rings. The molecule has 0 aromatic heterocycles. The highest BCUT2D eigenvalue weighted by Crippen LogP contribution is 2.29. The minimum absolute atomic E-state index is 0.317. The average Bonchev–Trinajstić information content (AvgIpc) is 3.06. The Morgan fingerprint density at radius 1 is 1.56 bits per heavy atom. The van der Waals surface area contributed by atoms with Gasteiger partial charge >= 0.3 is 5.97 Å². The van der Waals surface area contributed by atoms with E-state index in [9.17, 15) is 9.90 Å². The first-order chi connectivity index (χ1) is 7.70. The molecular weight excluding hydrogens is 206 g/mol. The Morgan fingerprint density at radius 2 is 2.25 bits per heavy atom. The maximum absolute atomic E-state index is 11.3. The summed E-state index contributed by atoms with van der Waals surface area (Å²) in [4.78, 5) is 13.4. The Morgan fingerprint density at radius 3 is 2.69 bits per heavy atom. The average molecular weight is 229 g/mol. The molecule has 1 saturated carbocycles. The molecule has 1 rings (SSSR count). The molecule has 94 valence electrons. The van der Waals surface area contributed by atoms with Crippen LogP contribution in [0.25, 0.3) is 0 Å². The van der Waals surface area contributed by atoms with Crippen molar-refractivity contribution in [2.24, 2.45) is 0 Å². The molecule has 0 bridgehead atoms. The van der Waals surface area contributed by atoms with Crippen LogP contribution >= 0.6 is 0 Å². The van der Waals surface area contributed by atoms with Crippen molar-refractivity contribution in [1.82, 2.24) is 4.90 Å². The molecule has 1 unspecified atom stereocenters. The number of nitrogens with zero attached hydrogens (tertiary/aromatic N) is 1. The van der Waals surface area contributed by atoms with Gasteiger partial charge in [0.1, 0.15) is 6.04 Å². The second kappa shape index (κ2) is 6.86. The summed E-state index contributed by atoms with van der Waals surface area (Å²) < 4.78 is 5.05. The largest absolute Gasteiger partial charge is 0.480 e. The number of ether oxygens (including phenoxy) is 1. The van der Waals surface area contributed by atoms with Crippen LogP contribution in [0.5, 0.6) is 0 Å². The van der Waals surface area contributed by atoms with Crippen molar-refractivity contribution in [3.05, 3.63) is 0 Å². The van der Waals surface area contributed by atoms with E-state index in [-0.39, 0.29) is 6.04 Å². The minimum Gasteiger partial charge on any atom is -0.480 e.